The van der Waals surface area contributed by atoms with Gasteiger partial charge >= 0.3 is 0 Å². The van der Waals surface area contributed by atoms with Crippen LogP contribution in [0.25, 0.3) is 0 Å². The van der Waals surface area contributed by atoms with Crippen LogP contribution in [0.4, 0.5) is 0 Å². The van der Waals surface area contributed by atoms with E-state index in [-0.39, 0.29) is 17.7 Å². The summed E-state index contributed by atoms with van der Waals surface area (Å²) in [5.74, 6) is 6.06. The van der Waals surface area contributed by atoms with Crippen LogP contribution < -0.4 is 5.32 Å². The van der Waals surface area contributed by atoms with Crippen LogP contribution in [0.1, 0.15) is 24.2 Å². The maximum atomic E-state index is 12.2. The smallest absolute Gasteiger partial charge is 0.298 e. The molecule has 2 amide bonds. The molecule has 1 fully saturated rings. The first-order chi connectivity index (χ1) is 12.2. The van der Waals surface area contributed by atoms with Gasteiger partial charge in [0.25, 0.3) is 5.91 Å². The minimum Gasteiger partial charge on any atom is -0.467 e. The fourth-order valence-corrected chi connectivity index (χ4v) is 2.80. The van der Waals surface area contributed by atoms with Crippen molar-refractivity contribution in [3.63, 3.8) is 0 Å². The molecular formula is C20H20N2O3. The van der Waals surface area contributed by atoms with Gasteiger partial charge in [-0.2, -0.15) is 0 Å². The summed E-state index contributed by atoms with van der Waals surface area (Å²) in [6.07, 6.45) is 2.90. The first kappa shape index (κ1) is 16.8. The van der Waals surface area contributed by atoms with Gasteiger partial charge in [-0.25, -0.2) is 0 Å². The Bertz CT molecular complexity index is 764. The third-order valence-corrected chi connectivity index (χ3v) is 4.26. The normalized spacial score (nSPS) is 14.5. The summed E-state index contributed by atoms with van der Waals surface area (Å²) < 4.78 is 5.20. The zero-order chi connectivity index (χ0) is 17.5. The maximum absolute atomic E-state index is 12.2. The van der Waals surface area contributed by atoms with E-state index in [4.69, 9.17) is 4.42 Å². The standard InChI is InChI=1S/C20H20N2O3/c23-19(9-8-16-5-2-1-3-6-16)22-12-10-17(11-13-22)20(24)21-15-18-7-4-14-25-18/h1-7,14,17H,10-13,15H2,(H,21,24). The zero-order valence-electron chi connectivity index (χ0n) is 13.9. The summed E-state index contributed by atoms with van der Waals surface area (Å²) in [4.78, 5) is 26.1. The largest absolute Gasteiger partial charge is 0.467 e. The number of rotatable bonds is 3. The van der Waals surface area contributed by atoms with Crippen molar-refractivity contribution in [2.75, 3.05) is 13.1 Å². The van der Waals surface area contributed by atoms with Gasteiger partial charge in [0, 0.05) is 30.5 Å². The number of carbonyl (C=O) groups excluding carboxylic acids is 2. The number of nitrogens with one attached hydrogen (secondary N) is 1. The quantitative estimate of drug-likeness (QED) is 0.874. The second-order valence-corrected chi connectivity index (χ2v) is 5.98. The minimum absolute atomic E-state index is 0.0128. The average Bonchev–Trinajstić information content (AvgIpc) is 3.19. The van der Waals surface area contributed by atoms with Crippen molar-refractivity contribution >= 4 is 11.8 Å². The number of amides is 2. The van der Waals surface area contributed by atoms with Crippen molar-refractivity contribution in [1.29, 1.82) is 0 Å². The summed E-state index contributed by atoms with van der Waals surface area (Å²) in [7, 11) is 0. The molecule has 5 heteroatoms. The zero-order valence-corrected chi connectivity index (χ0v) is 13.9. The summed E-state index contributed by atoms with van der Waals surface area (Å²) in [6, 6.07) is 13.1. The molecule has 1 aliphatic rings. The molecule has 1 aromatic heterocycles. The van der Waals surface area contributed by atoms with Crippen LogP contribution in [0.5, 0.6) is 0 Å². The minimum atomic E-state index is -0.182. The first-order valence-corrected chi connectivity index (χ1v) is 8.38. The molecule has 25 heavy (non-hydrogen) atoms. The molecule has 1 saturated heterocycles. The Balaban J connectivity index is 1.45. The molecular weight excluding hydrogens is 316 g/mol. The number of benzene rings is 1. The van der Waals surface area contributed by atoms with E-state index in [1.54, 1.807) is 17.2 Å². The van der Waals surface area contributed by atoms with Crippen molar-refractivity contribution < 1.29 is 14.0 Å². The van der Waals surface area contributed by atoms with Gasteiger partial charge < -0.3 is 14.6 Å². The SMILES string of the molecule is O=C(NCc1ccco1)C1CCN(C(=O)C#Cc2ccccc2)CC1. The molecule has 0 aliphatic carbocycles. The summed E-state index contributed by atoms with van der Waals surface area (Å²) in [5.41, 5.74) is 0.822. The Kier molecular flexibility index (Phi) is 5.53. The lowest BCUT2D eigenvalue weighted by Gasteiger charge is -2.29. The van der Waals surface area contributed by atoms with Crippen LogP contribution in [-0.2, 0) is 16.1 Å². The average molecular weight is 336 g/mol. The van der Waals surface area contributed by atoms with Gasteiger partial charge in [-0.05, 0) is 37.1 Å². The molecule has 0 bridgehead atoms. The summed E-state index contributed by atoms with van der Waals surface area (Å²) >= 11 is 0. The van der Waals surface area contributed by atoms with E-state index in [9.17, 15) is 9.59 Å². The Labute approximate surface area is 147 Å². The Morgan fingerprint density at radius 3 is 2.56 bits per heavy atom. The van der Waals surface area contributed by atoms with E-state index in [2.05, 4.69) is 17.2 Å². The predicted molar refractivity (Wildman–Crippen MR) is 93.2 cm³/mol. The van der Waals surface area contributed by atoms with E-state index >= 15 is 0 Å². The molecule has 3 rings (SSSR count). The van der Waals surface area contributed by atoms with Gasteiger partial charge in [0.1, 0.15) is 5.76 Å². The van der Waals surface area contributed by atoms with Crippen molar-refractivity contribution in [2.45, 2.75) is 19.4 Å². The Morgan fingerprint density at radius 2 is 1.88 bits per heavy atom. The van der Waals surface area contributed by atoms with Crippen LogP contribution >= 0.6 is 0 Å². The summed E-state index contributed by atoms with van der Waals surface area (Å²) in [6.45, 7) is 1.51. The van der Waals surface area contributed by atoms with Crippen LogP contribution in [0.15, 0.2) is 53.1 Å². The number of nitrogens with zero attached hydrogens (tertiary/aromatic N) is 1. The number of piperidine rings is 1. The third kappa shape index (κ3) is 4.74. The lowest BCUT2D eigenvalue weighted by atomic mass is 9.96. The van der Waals surface area contributed by atoms with E-state index in [1.165, 1.54) is 0 Å². The van der Waals surface area contributed by atoms with Crippen LogP contribution in [0.2, 0.25) is 0 Å². The van der Waals surface area contributed by atoms with E-state index in [1.807, 2.05) is 36.4 Å². The van der Waals surface area contributed by atoms with Crippen molar-refractivity contribution in [1.82, 2.24) is 10.2 Å². The van der Waals surface area contributed by atoms with Crippen molar-refractivity contribution in [3.05, 3.63) is 60.1 Å². The molecule has 0 spiro atoms. The monoisotopic (exact) mass is 336 g/mol. The Morgan fingerprint density at radius 1 is 1.12 bits per heavy atom. The van der Waals surface area contributed by atoms with Gasteiger partial charge in [0.05, 0.1) is 12.8 Å². The van der Waals surface area contributed by atoms with Crippen molar-refractivity contribution in [3.8, 4) is 11.8 Å². The molecule has 0 unspecified atom stereocenters. The van der Waals surface area contributed by atoms with E-state index in [0.29, 0.717) is 32.5 Å². The lowest BCUT2D eigenvalue weighted by molar-refractivity contribution is -0.131. The van der Waals surface area contributed by atoms with Crippen LogP contribution in [-0.4, -0.2) is 29.8 Å². The second-order valence-electron chi connectivity index (χ2n) is 5.98. The predicted octanol–water partition coefficient (Wildman–Crippen LogP) is 2.19. The molecule has 5 nitrogen and oxygen atoms in total. The highest BCUT2D eigenvalue weighted by atomic mass is 16.3. The van der Waals surface area contributed by atoms with Gasteiger partial charge in [-0.3, -0.25) is 9.59 Å². The molecule has 0 radical (unpaired) electrons. The maximum Gasteiger partial charge on any atom is 0.298 e. The molecule has 2 aromatic rings. The number of hydrogen-bond acceptors (Lipinski definition) is 3. The van der Waals surface area contributed by atoms with Gasteiger partial charge in [0.2, 0.25) is 5.91 Å². The number of hydrogen-bond donors (Lipinski definition) is 1. The second kappa shape index (κ2) is 8.20. The third-order valence-electron chi connectivity index (χ3n) is 4.26. The summed E-state index contributed by atoms with van der Waals surface area (Å²) in [5, 5.41) is 2.88. The van der Waals surface area contributed by atoms with Crippen LogP contribution in [0, 0.1) is 17.8 Å². The first-order valence-electron chi connectivity index (χ1n) is 8.38. The highest BCUT2D eigenvalue weighted by molar-refractivity contribution is 5.94. The topological polar surface area (TPSA) is 62.6 Å². The highest BCUT2D eigenvalue weighted by Crippen LogP contribution is 2.17. The molecule has 1 aliphatic heterocycles. The lowest BCUT2D eigenvalue weighted by Crippen LogP contribution is -2.42. The van der Waals surface area contributed by atoms with E-state index < -0.39 is 0 Å². The molecule has 0 atom stereocenters. The molecule has 2 heterocycles. The number of carbonyl (C=O) groups is 2. The number of furan rings is 1. The fraction of sp³-hybridized carbons (Fsp3) is 0.300. The van der Waals surface area contributed by atoms with Gasteiger partial charge in [0.15, 0.2) is 0 Å². The fourth-order valence-electron chi connectivity index (χ4n) is 2.80. The molecule has 0 saturated carbocycles. The highest BCUT2D eigenvalue weighted by Gasteiger charge is 2.26. The number of likely N-dealkylation sites (tertiary alicyclic amines) is 1. The van der Waals surface area contributed by atoms with Crippen molar-refractivity contribution in [2.24, 2.45) is 5.92 Å². The molecule has 1 aromatic carbocycles. The molecule has 128 valence electrons. The van der Waals surface area contributed by atoms with Gasteiger partial charge in [-0.1, -0.05) is 24.1 Å². The van der Waals surface area contributed by atoms with E-state index in [0.717, 1.165) is 11.3 Å². The van der Waals surface area contributed by atoms with Gasteiger partial charge in [-0.15, -0.1) is 0 Å². The van der Waals surface area contributed by atoms with Crippen LogP contribution in [0.3, 0.4) is 0 Å². The molecule has 1 N–H and O–H groups in total. The Hall–Kier alpha value is -3.00.